The molecule has 0 aliphatic heterocycles. The Hall–Kier alpha value is -0.130. The molecule has 1 atom stereocenters. The number of sulfone groups is 1. The lowest BCUT2D eigenvalue weighted by atomic mass is 10.3. The zero-order valence-electron chi connectivity index (χ0n) is 8.10. The van der Waals surface area contributed by atoms with Gasteiger partial charge in [0.1, 0.15) is 0 Å². The van der Waals surface area contributed by atoms with Gasteiger partial charge in [-0.3, -0.25) is 0 Å². The van der Waals surface area contributed by atoms with Crippen molar-refractivity contribution in [3.8, 4) is 0 Å². The van der Waals surface area contributed by atoms with E-state index < -0.39 is 27.8 Å². The predicted octanol–water partition coefficient (Wildman–Crippen LogP) is -0.0570. The second kappa shape index (κ2) is 5.57. The monoisotopic (exact) mass is 210 g/mol. The lowest BCUT2D eigenvalue weighted by Gasteiger charge is -2.15. The SMILES string of the molecule is CCC(CC)S(=O)(=O)CC(O)CO. The van der Waals surface area contributed by atoms with E-state index in [1.54, 1.807) is 13.8 Å². The lowest BCUT2D eigenvalue weighted by molar-refractivity contribution is 0.112. The van der Waals surface area contributed by atoms with Crippen LogP contribution in [0.5, 0.6) is 0 Å². The van der Waals surface area contributed by atoms with E-state index in [1.807, 2.05) is 0 Å². The van der Waals surface area contributed by atoms with Gasteiger partial charge in [0.05, 0.1) is 23.7 Å². The fourth-order valence-corrected chi connectivity index (χ4v) is 3.18. The molecule has 5 heteroatoms. The van der Waals surface area contributed by atoms with Crippen LogP contribution in [-0.2, 0) is 9.84 Å². The quantitative estimate of drug-likeness (QED) is 0.644. The normalized spacial score (nSPS) is 14.8. The van der Waals surface area contributed by atoms with Gasteiger partial charge in [-0.1, -0.05) is 13.8 Å². The maximum Gasteiger partial charge on any atom is 0.155 e. The second-order valence-electron chi connectivity index (χ2n) is 3.10. The molecular formula is C8H18O4S. The van der Waals surface area contributed by atoms with Crippen LogP contribution in [0.1, 0.15) is 26.7 Å². The van der Waals surface area contributed by atoms with Gasteiger partial charge in [0.2, 0.25) is 0 Å². The Labute approximate surface area is 79.5 Å². The van der Waals surface area contributed by atoms with Crippen molar-refractivity contribution < 1.29 is 18.6 Å². The molecule has 80 valence electrons. The highest BCUT2D eigenvalue weighted by Gasteiger charge is 2.24. The molecule has 0 bridgehead atoms. The summed E-state index contributed by atoms with van der Waals surface area (Å²) in [5.74, 6) is -0.337. The average Bonchev–Trinajstić information content (AvgIpc) is 2.05. The summed E-state index contributed by atoms with van der Waals surface area (Å²) < 4.78 is 23.0. The summed E-state index contributed by atoms with van der Waals surface area (Å²) in [7, 11) is -3.24. The van der Waals surface area contributed by atoms with Crippen LogP contribution in [0, 0.1) is 0 Å². The Bertz CT molecular complexity index is 218. The van der Waals surface area contributed by atoms with Gasteiger partial charge in [0, 0.05) is 0 Å². The zero-order valence-corrected chi connectivity index (χ0v) is 8.92. The zero-order chi connectivity index (χ0) is 10.5. The Kier molecular flexibility index (Phi) is 5.51. The molecule has 13 heavy (non-hydrogen) atoms. The number of rotatable bonds is 6. The molecule has 0 saturated heterocycles. The van der Waals surface area contributed by atoms with Gasteiger partial charge in [-0.05, 0) is 12.8 Å². The summed E-state index contributed by atoms with van der Waals surface area (Å²) in [4.78, 5) is 0. The average molecular weight is 210 g/mol. The van der Waals surface area contributed by atoms with Gasteiger partial charge < -0.3 is 10.2 Å². The van der Waals surface area contributed by atoms with Crippen molar-refractivity contribution in [2.45, 2.75) is 38.0 Å². The first-order valence-corrected chi connectivity index (χ1v) is 6.19. The van der Waals surface area contributed by atoms with Crippen LogP contribution < -0.4 is 0 Å². The van der Waals surface area contributed by atoms with Crippen molar-refractivity contribution in [3.05, 3.63) is 0 Å². The molecule has 4 nitrogen and oxygen atoms in total. The van der Waals surface area contributed by atoms with Gasteiger partial charge in [-0.15, -0.1) is 0 Å². The molecule has 0 spiro atoms. The number of hydrogen-bond donors (Lipinski definition) is 2. The van der Waals surface area contributed by atoms with E-state index in [1.165, 1.54) is 0 Å². The molecule has 0 heterocycles. The maximum absolute atomic E-state index is 11.5. The molecule has 0 aliphatic rings. The summed E-state index contributed by atoms with van der Waals surface area (Å²) in [6.07, 6.45) is -0.0425. The number of aliphatic hydroxyl groups excluding tert-OH is 2. The van der Waals surface area contributed by atoms with Crippen LogP contribution in [0.4, 0.5) is 0 Å². The molecule has 0 aliphatic carbocycles. The van der Waals surface area contributed by atoms with Gasteiger partial charge in [-0.25, -0.2) is 8.42 Å². The van der Waals surface area contributed by atoms with Gasteiger partial charge in [0.15, 0.2) is 9.84 Å². The summed E-state index contributed by atoms with van der Waals surface area (Å²) in [6, 6.07) is 0. The maximum atomic E-state index is 11.5. The third-order valence-corrected chi connectivity index (χ3v) is 4.59. The molecule has 0 aromatic rings. The van der Waals surface area contributed by atoms with Gasteiger partial charge in [-0.2, -0.15) is 0 Å². The van der Waals surface area contributed by atoms with Crippen LogP contribution in [-0.4, -0.2) is 42.3 Å². The standard InChI is InChI=1S/C8H18O4S/c1-3-8(4-2)13(11,12)6-7(10)5-9/h7-10H,3-6H2,1-2H3. The first-order chi connectivity index (χ1) is 5.97. The van der Waals surface area contributed by atoms with Crippen LogP contribution >= 0.6 is 0 Å². The smallest absolute Gasteiger partial charge is 0.155 e. The van der Waals surface area contributed by atoms with Gasteiger partial charge in [0.25, 0.3) is 0 Å². The Morgan fingerprint density at radius 2 is 1.69 bits per heavy atom. The Morgan fingerprint density at radius 3 is 2.00 bits per heavy atom. The van der Waals surface area contributed by atoms with Crippen LogP contribution in [0.2, 0.25) is 0 Å². The molecule has 0 radical (unpaired) electrons. The van der Waals surface area contributed by atoms with Crippen molar-refractivity contribution in [2.24, 2.45) is 0 Å². The molecule has 0 aromatic carbocycles. The first-order valence-electron chi connectivity index (χ1n) is 4.48. The van der Waals surface area contributed by atoms with E-state index in [4.69, 9.17) is 10.2 Å². The summed E-state index contributed by atoms with van der Waals surface area (Å²) in [6.45, 7) is 3.10. The summed E-state index contributed by atoms with van der Waals surface area (Å²) in [5.41, 5.74) is 0. The highest BCUT2D eigenvalue weighted by molar-refractivity contribution is 7.92. The fourth-order valence-electron chi connectivity index (χ4n) is 1.25. The van der Waals surface area contributed by atoms with Crippen molar-refractivity contribution in [1.29, 1.82) is 0 Å². The van der Waals surface area contributed by atoms with E-state index in [-0.39, 0.29) is 5.75 Å². The molecule has 0 aromatic heterocycles. The van der Waals surface area contributed by atoms with E-state index in [9.17, 15) is 8.42 Å². The van der Waals surface area contributed by atoms with Gasteiger partial charge >= 0.3 is 0 Å². The third-order valence-electron chi connectivity index (χ3n) is 2.05. The van der Waals surface area contributed by atoms with E-state index in [2.05, 4.69) is 0 Å². The molecule has 0 amide bonds. The minimum Gasteiger partial charge on any atom is -0.394 e. The lowest BCUT2D eigenvalue weighted by Crippen LogP contribution is -2.31. The van der Waals surface area contributed by atoms with Crippen molar-refractivity contribution in [1.82, 2.24) is 0 Å². The summed E-state index contributed by atoms with van der Waals surface area (Å²) >= 11 is 0. The highest BCUT2D eigenvalue weighted by atomic mass is 32.2. The minimum absolute atomic E-state index is 0.337. The van der Waals surface area contributed by atoms with Crippen LogP contribution in [0.3, 0.4) is 0 Å². The molecule has 1 unspecified atom stereocenters. The number of aliphatic hydroxyl groups is 2. The van der Waals surface area contributed by atoms with Crippen LogP contribution in [0.15, 0.2) is 0 Å². The minimum atomic E-state index is -3.24. The molecule has 0 saturated carbocycles. The van der Waals surface area contributed by atoms with E-state index >= 15 is 0 Å². The summed E-state index contributed by atoms with van der Waals surface area (Å²) in [5, 5.41) is 17.1. The topological polar surface area (TPSA) is 74.6 Å². The third kappa shape index (κ3) is 4.06. The highest BCUT2D eigenvalue weighted by Crippen LogP contribution is 2.11. The molecule has 0 fully saturated rings. The Morgan fingerprint density at radius 1 is 1.23 bits per heavy atom. The Balaban J connectivity index is 4.38. The molecular weight excluding hydrogens is 192 g/mol. The molecule has 0 rings (SSSR count). The predicted molar refractivity (Wildman–Crippen MR) is 51.2 cm³/mol. The van der Waals surface area contributed by atoms with E-state index in [0.29, 0.717) is 12.8 Å². The van der Waals surface area contributed by atoms with Crippen molar-refractivity contribution in [3.63, 3.8) is 0 Å². The van der Waals surface area contributed by atoms with E-state index in [0.717, 1.165) is 0 Å². The number of hydrogen-bond acceptors (Lipinski definition) is 4. The fraction of sp³-hybridized carbons (Fsp3) is 1.00. The largest absolute Gasteiger partial charge is 0.394 e. The second-order valence-corrected chi connectivity index (χ2v) is 5.43. The van der Waals surface area contributed by atoms with Crippen molar-refractivity contribution in [2.75, 3.05) is 12.4 Å². The first kappa shape index (κ1) is 12.9. The van der Waals surface area contributed by atoms with Crippen LogP contribution in [0.25, 0.3) is 0 Å². The molecule has 2 N–H and O–H groups in total. The van der Waals surface area contributed by atoms with Crippen molar-refractivity contribution >= 4 is 9.84 Å².